The van der Waals surface area contributed by atoms with Crippen LogP contribution in [-0.4, -0.2) is 24.7 Å². The fourth-order valence-corrected chi connectivity index (χ4v) is 3.20. The summed E-state index contributed by atoms with van der Waals surface area (Å²) in [6.45, 7) is 1.71. The topological polar surface area (TPSA) is 77.0 Å². The summed E-state index contributed by atoms with van der Waals surface area (Å²) in [7, 11) is 0. The molecule has 4 aromatic rings. The zero-order chi connectivity index (χ0) is 23.0. The number of rotatable bonds is 7. The molecule has 1 amide bonds. The van der Waals surface area contributed by atoms with Crippen molar-refractivity contribution in [2.24, 2.45) is 5.10 Å². The van der Waals surface area contributed by atoms with Gasteiger partial charge in [0.05, 0.1) is 11.8 Å². The van der Waals surface area contributed by atoms with Gasteiger partial charge in [0.15, 0.2) is 6.61 Å². The van der Waals surface area contributed by atoms with Crippen molar-refractivity contribution in [3.63, 3.8) is 0 Å². The van der Waals surface area contributed by atoms with Gasteiger partial charge in [-0.3, -0.25) is 4.79 Å². The number of hydrogen-bond acceptors (Lipinski definition) is 5. The first-order valence-electron chi connectivity index (χ1n) is 10.4. The van der Waals surface area contributed by atoms with E-state index in [1.807, 2.05) is 61.5 Å². The normalized spacial score (nSPS) is 10.8. The summed E-state index contributed by atoms with van der Waals surface area (Å²) in [5.74, 6) is 0.258. The number of amides is 1. The average molecular weight is 438 g/mol. The van der Waals surface area contributed by atoms with E-state index in [0.717, 1.165) is 21.9 Å². The maximum atomic E-state index is 12.3. The Hall–Kier alpha value is -4.45. The second-order valence-electron chi connectivity index (χ2n) is 7.36. The Kier molecular flexibility index (Phi) is 6.75. The van der Waals surface area contributed by atoms with Crippen LogP contribution in [0.25, 0.3) is 10.8 Å². The summed E-state index contributed by atoms with van der Waals surface area (Å²) >= 11 is 0. The van der Waals surface area contributed by atoms with Gasteiger partial charge in [-0.1, -0.05) is 48.5 Å². The number of nitrogens with one attached hydrogen (secondary N) is 1. The number of hydrazone groups is 1. The van der Waals surface area contributed by atoms with Gasteiger partial charge in [0.2, 0.25) is 0 Å². The number of hydrogen-bond donors (Lipinski definition) is 1. The van der Waals surface area contributed by atoms with Crippen LogP contribution in [0.5, 0.6) is 11.5 Å². The van der Waals surface area contributed by atoms with Crippen molar-refractivity contribution < 1.29 is 19.1 Å². The van der Waals surface area contributed by atoms with E-state index in [1.165, 1.54) is 6.21 Å². The summed E-state index contributed by atoms with van der Waals surface area (Å²) in [5.41, 5.74) is 4.55. The minimum atomic E-state index is -0.409. The Morgan fingerprint density at radius 3 is 2.33 bits per heavy atom. The number of fused-ring (bicyclic) bond motifs is 1. The molecule has 0 aliphatic rings. The first kappa shape index (κ1) is 21.8. The van der Waals surface area contributed by atoms with Gasteiger partial charge in [0.1, 0.15) is 11.5 Å². The predicted molar refractivity (Wildman–Crippen MR) is 128 cm³/mol. The molecule has 0 spiro atoms. The highest BCUT2D eigenvalue weighted by molar-refractivity contribution is 5.92. The van der Waals surface area contributed by atoms with Crippen LogP contribution in [0.4, 0.5) is 0 Å². The molecule has 0 heterocycles. The molecule has 0 radical (unpaired) electrons. The quantitative estimate of drug-likeness (QED) is 0.193. The monoisotopic (exact) mass is 438 g/mol. The molecule has 6 heteroatoms. The standard InChI is InChI=1S/C27H22N2O4/c1-19-6-2-5-9-25(19)27(31)33-23-13-10-20(11-14-23)17-28-29-26(30)18-32-24-15-12-21-7-3-4-8-22(21)16-24/h2-17H,18H2,1H3,(H,29,30). The smallest absolute Gasteiger partial charge is 0.343 e. The molecule has 6 nitrogen and oxygen atoms in total. The number of aryl methyl sites for hydroxylation is 1. The van der Waals surface area contributed by atoms with Gasteiger partial charge in [0.25, 0.3) is 5.91 Å². The Labute approximate surface area is 191 Å². The lowest BCUT2D eigenvalue weighted by atomic mass is 10.1. The third-order valence-electron chi connectivity index (χ3n) is 4.95. The maximum absolute atomic E-state index is 12.3. The third kappa shape index (κ3) is 5.83. The lowest BCUT2D eigenvalue weighted by Crippen LogP contribution is -2.24. The van der Waals surface area contributed by atoms with Crippen LogP contribution in [0.2, 0.25) is 0 Å². The highest BCUT2D eigenvalue weighted by atomic mass is 16.5. The first-order chi connectivity index (χ1) is 16.1. The Bertz CT molecular complexity index is 1310. The SMILES string of the molecule is Cc1ccccc1C(=O)Oc1ccc(C=NNC(=O)COc2ccc3ccccc3c2)cc1. The van der Waals surface area contributed by atoms with Crippen LogP contribution in [0.3, 0.4) is 0 Å². The Balaban J connectivity index is 1.26. The molecule has 0 aromatic heterocycles. The van der Waals surface area contributed by atoms with E-state index >= 15 is 0 Å². The van der Waals surface area contributed by atoms with E-state index < -0.39 is 5.97 Å². The molecule has 164 valence electrons. The summed E-state index contributed by atoms with van der Waals surface area (Å²) in [5, 5.41) is 6.09. The van der Waals surface area contributed by atoms with E-state index in [2.05, 4.69) is 10.5 Å². The molecule has 0 bridgehead atoms. The Morgan fingerprint density at radius 2 is 1.55 bits per heavy atom. The number of ether oxygens (including phenoxy) is 2. The summed E-state index contributed by atoms with van der Waals surface area (Å²) < 4.78 is 11.0. The van der Waals surface area contributed by atoms with Gasteiger partial charge in [-0.05, 0) is 71.3 Å². The molecule has 0 unspecified atom stereocenters. The molecule has 0 aliphatic heterocycles. The van der Waals surface area contributed by atoms with Crippen molar-refractivity contribution in [1.82, 2.24) is 5.43 Å². The van der Waals surface area contributed by atoms with Gasteiger partial charge in [-0.15, -0.1) is 0 Å². The van der Waals surface area contributed by atoms with Crippen LogP contribution in [0, 0.1) is 6.92 Å². The van der Waals surface area contributed by atoms with Gasteiger partial charge in [0, 0.05) is 0 Å². The lowest BCUT2D eigenvalue weighted by Gasteiger charge is -2.07. The summed E-state index contributed by atoms with van der Waals surface area (Å²) in [6.07, 6.45) is 1.50. The maximum Gasteiger partial charge on any atom is 0.343 e. The number of esters is 1. The second kappa shape index (κ2) is 10.2. The van der Waals surface area contributed by atoms with Gasteiger partial charge >= 0.3 is 5.97 Å². The first-order valence-corrected chi connectivity index (χ1v) is 10.4. The fraction of sp³-hybridized carbons (Fsp3) is 0.0741. The minimum absolute atomic E-state index is 0.149. The highest BCUT2D eigenvalue weighted by Gasteiger charge is 2.10. The van der Waals surface area contributed by atoms with Crippen molar-refractivity contribution in [3.8, 4) is 11.5 Å². The van der Waals surface area contributed by atoms with E-state index in [9.17, 15) is 9.59 Å². The Morgan fingerprint density at radius 1 is 0.848 bits per heavy atom. The predicted octanol–water partition coefficient (Wildman–Crippen LogP) is 4.90. The number of nitrogens with zero attached hydrogens (tertiary/aromatic N) is 1. The molecule has 0 aliphatic carbocycles. The van der Waals surface area contributed by atoms with Crippen molar-refractivity contribution in [2.75, 3.05) is 6.61 Å². The zero-order valence-corrected chi connectivity index (χ0v) is 18.0. The molecule has 4 aromatic carbocycles. The molecule has 33 heavy (non-hydrogen) atoms. The largest absolute Gasteiger partial charge is 0.484 e. The van der Waals surface area contributed by atoms with E-state index in [0.29, 0.717) is 17.1 Å². The highest BCUT2D eigenvalue weighted by Crippen LogP contribution is 2.20. The zero-order valence-electron chi connectivity index (χ0n) is 18.0. The summed E-state index contributed by atoms with van der Waals surface area (Å²) in [6, 6.07) is 27.7. The minimum Gasteiger partial charge on any atom is -0.484 e. The fourth-order valence-electron chi connectivity index (χ4n) is 3.20. The second-order valence-corrected chi connectivity index (χ2v) is 7.36. The third-order valence-corrected chi connectivity index (χ3v) is 4.95. The molecular weight excluding hydrogens is 416 g/mol. The van der Waals surface area contributed by atoms with Crippen LogP contribution in [-0.2, 0) is 4.79 Å². The molecule has 0 saturated carbocycles. The van der Waals surface area contributed by atoms with Crippen molar-refractivity contribution >= 4 is 28.9 Å². The number of benzene rings is 4. The van der Waals surface area contributed by atoms with E-state index in [1.54, 1.807) is 36.4 Å². The van der Waals surface area contributed by atoms with Crippen molar-refractivity contribution in [3.05, 3.63) is 108 Å². The average Bonchev–Trinajstić information content (AvgIpc) is 2.84. The molecular formula is C27H22N2O4. The van der Waals surface area contributed by atoms with Gasteiger partial charge < -0.3 is 9.47 Å². The lowest BCUT2D eigenvalue weighted by molar-refractivity contribution is -0.123. The van der Waals surface area contributed by atoms with E-state index in [4.69, 9.17) is 9.47 Å². The van der Waals surface area contributed by atoms with Crippen molar-refractivity contribution in [1.29, 1.82) is 0 Å². The molecule has 1 N–H and O–H groups in total. The summed E-state index contributed by atoms with van der Waals surface area (Å²) in [4.78, 5) is 24.3. The van der Waals surface area contributed by atoms with Crippen molar-refractivity contribution in [2.45, 2.75) is 6.92 Å². The molecule has 0 fully saturated rings. The van der Waals surface area contributed by atoms with Gasteiger partial charge in [-0.25, -0.2) is 10.2 Å². The number of carbonyl (C=O) groups is 2. The van der Waals surface area contributed by atoms with Gasteiger partial charge in [-0.2, -0.15) is 5.10 Å². The van der Waals surface area contributed by atoms with Crippen LogP contribution < -0.4 is 14.9 Å². The molecule has 0 saturated heterocycles. The molecule has 4 rings (SSSR count). The number of carbonyl (C=O) groups excluding carboxylic acids is 2. The van der Waals surface area contributed by atoms with Crippen LogP contribution >= 0.6 is 0 Å². The molecule has 0 atom stereocenters. The van der Waals surface area contributed by atoms with E-state index in [-0.39, 0.29) is 12.5 Å². The van der Waals surface area contributed by atoms with Crippen LogP contribution in [0.1, 0.15) is 21.5 Å². The van der Waals surface area contributed by atoms with Crippen LogP contribution in [0.15, 0.2) is 96.1 Å².